The molecule has 182 valence electrons. The van der Waals surface area contributed by atoms with E-state index in [0.717, 1.165) is 21.5 Å². The minimum absolute atomic E-state index is 0.0734. The molecule has 35 heavy (non-hydrogen) atoms. The van der Waals surface area contributed by atoms with Gasteiger partial charge in [0.05, 0.1) is 34.7 Å². The summed E-state index contributed by atoms with van der Waals surface area (Å²) < 4.78 is 31.9. The number of aromatic nitrogens is 2. The van der Waals surface area contributed by atoms with Crippen molar-refractivity contribution in [3.8, 4) is 5.75 Å². The van der Waals surface area contributed by atoms with Crippen LogP contribution in [0.1, 0.15) is 29.7 Å². The minimum Gasteiger partial charge on any atom is -0.494 e. The molecule has 0 saturated carbocycles. The third-order valence-electron chi connectivity index (χ3n) is 5.67. The highest BCUT2D eigenvalue weighted by Crippen LogP contribution is 2.37. The molecule has 4 rings (SSSR count). The monoisotopic (exact) mass is 509 g/mol. The molecule has 2 heterocycles. The quantitative estimate of drug-likeness (QED) is 0.312. The van der Waals surface area contributed by atoms with Crippen LogP contribution in [0.25, 0.3) is 10.2 Å². The topological polar surface area (TPSA) is 89.5 Å². The number of anilines is 1. The molecule has 0 aliphatic heterocycles. The molecule has 0 saturated heterocycles. The lowest BCUT2D eigenvalue weighted by molar-refractivity contribution is -0.118. The number of thiazole rings is 1. The Morgan fingerprint density at radius 3 is 2.51 bits per heavy atom. The molecule has 0 fully saturated rings. The summed E-state index contributed by atoms with van der Waals surface area (Å²) in [6, 6.07) is 16.1. The number of aryl methyl sites for hydroxylation is 2. The Kier molecular flexibility index (Phi) is 7.47. The van der Waals surface area contributed by atoms with Crippen molar-refractivity contribution in [1.82, 2.24) is 9.97 Å². The standard InChI is InChI=1S/C26H27N3O4S2/c1-18-9-12-21(13-10-18)35(31,32)16-6-8-23(30)29(17-20-7-4-5-15-27-20)26-28-24-22(33-3)14-11-19(2)25(24)34-26/h4-5,7,9-15H,6,8,16-17H2,1-3H3. The lowest BCUT2D eigenvalue weighted by Crippen LogP contribution is -2.30. The first-order chi connectivity index (χ1) is 16.8. The molecule has 0 atom stereocenters. The van der Waals surface area contributed by atoms with E-state index in [1.807, 2.05) is 44.2 Å². The third kappa shape index (κ3) is 5.68. The van der Waals surface area contributed by atoms with Crippen molar-refractivity contribution in [1.29, 1.82) is 0 Å². The maximum Gasteiger partial charge on any atom is 0.229 e. The van der Waals surface area contributed by atoms with Gasteiger partial charge in [-0.05, 0) is 56.2 Å². The highest BCUT2D eigenvalue weighted by Gasteiger charge is 2.23. The number of carbonyl (C=O) groups excluding carboxylic acids is 1. The first kappa shape index (κ1) is 24.8. The number of hydrogen-bond donors (Lipinski definition) is 0. The van der Waals surface area contributed by atoms with Gasteiger partial charge in [0.1, 0.15) is 11.3 Å². The number of benzene rings is 2. The molecule has 1 amide bonds. The zero-order chi connectivity index (χ0) is 25.0. The summed E-state index contributed by atoms with van der Waals surface area (Å²) in [5.74, 6) is 0.333. The molecule has 0 bridgehead atoms. The average molecular weight is 510 g/mol. The number of rotatable bonds is 9. The predicted octanol–water partition coefficient (Wildman–Crippen LogP) is 5.10. The van der Waals surface area contributed by atoms with Gasteiger partial charge in [0, 0.05) is 12.6 Å². The largest absolute Gasteiger partial charge is 0.494 e. The van der Waals surface area contributed by atoms with Crippen molar-refractivity contribution < 1.29 is 17.9 Å². The zero-order valence-electron chi connectivity index (χ0n) is 19.9. The van der Waals surface area contributed by atoms with Crippen LogP contribution in [-0.4, -0.2) is 37.2 Å². The van der Waals surface area contributed by atoms with Crippen molar-refractivity contribution in [3.05, 3.63) is 77.6 Å². The third-order valence-corrected chi connectivity index (χ3v) is 8.70. The molecular weight excluding hydrogens is 482 g/mol. The minimum atomic E-state index is -3.47. The molecule has 9 heteroatoms. The van der Waals surface area contributed by atoms with E-state index in [2.05, 4.69) is 4.98 Å². The van der Waals surface area contributed by atoms with E-state index in [4.69, 9.17) is 9.72 Å². The number of ether oxygens (including phenoxy) is 1. The second-order valence-corrected chi connectivity index (χ2v) is 11.4. The fourth-order valence-electron chi connectivity index (χ4n) is 3.71. The number of nitrogens with zero attached hydrogens (tertiary/aromatic N) is 3. The number of carbonyl (C=O) groups is 1. The number of sulfone groups is 1. The summed E-state index contributed by atoms with van der Waals surface area (Å²) in [6.07, 6.45) is 1.96. The normalized spacial score (nSPS) is 11.5. The number of pyridine rings is 1. The Balaban J connectivity index is 1.57. The van der Waals surface area contributed by atoms with Crippen LogP contribution >= 0.6 is 11.3 Å². The van der Waals surface area contributed by atoms with Crippen LogP contribution in [0.2, 0.25) is 0 Å². The van der Waals surface area contributed by atoms with E-state index in [1.165, 1.54) is 11.3 Å². The van der Waals surface area contributed by atoms with Crippen LogP contribution in [-0.2, 0) is 21.2 Å². The van der Waals surface area contributed by atoms with Crippen LogP contribution in [0.4, 0.5) is 5.13 Å². The first-order valence-corrected chi connectivity index (χ1v) is 13.7. The molecule has 2 aromatic heterocycles. The van der Waals surface area contributed by atoms with Gasteiger partial charge in [-0.25, -0.2) is 13.4 Å². The number of methoxy groups -OCH3 is 1. The molecule has 0 aliphatic carbocycles. The molecule has 7 nitrogen and oxygen atoms in total. The van der Waals surface area contributed by atoms with Crippen molar-refractivity contribution in [2.24, 2.45) is 0 Å². The fraction of sp³-hybridized carbons (Fsp3) is 0.269. The van der Waals surface area contributed by atoms with E-state index in [-0.39, 0.29) is 35.9 Å². The maximum atomic E-state index is 13.4. The molecule has 2 aromatic carbocycles. The van der Waals surface area contributed by atoms with Gasteiger partial charge in [0.2, 0.25) is 5.91 Å². The molecule has 0 aliphatic rings. The summed E-state index contributed by atoms with van der Waals surface area (Å²) in [6.45, 7) is 4.14. The molecule has 4 aromatic rings. The number of fused-ring (bicyclic) bond motifs is 1. The summed E-state index contributed by atoms with van der Waals surface area (Å²) >= 11 is 1.41. The second kappa shape index (κ2) is 10.5. The lowest BCUT2D eigenvalue weighted by atomic mass is 10.2. The lowest BCUT2D eigenvalue weighted by Gasteiger charge is -2.19. The maximum absolute atomic E-state index is 13.4. The molecule has 0 N–H and O–H groups in total. The highest BCUT2D eigenvalue weighted by molar-refractivity contribution is 7.91. The number of amides is 1. The van der Waals surface area contributed by atoms with E-state index in [0.29, 0.717) is 16.4 Å². The van der Waals surface area contributed by atoms with E-state index in [9.17, 15) is 13.2 Å². The van der Waals surface area contributed by atoms with Gasteiger partial charge in [-0.15, -0.1) is 0 Å². The van der Waals surface area contributed by atoms with Gasteiger partial charge in [-0.2, -0.15) is 0 Å². The van der Waals surface area contributed by atoms with Crippen molar-refractivity contribution in [2.45, 2.75) is 38.1 Å². The molecule has 0 unspecified atom stereocenters. The van der Waals surface area contributed by atoms with Gasteiger partial charge in [-0.1, -0.05) is 41.2 Å². The SMILES string of the molecule is COc1ccc(C)c2sc(N(Cc3ccccn3)C(=O)CCCS(=O)(=O)c3ccc(C)cc3)nc12. The Morgan fingerprint density at radius 1 is 1.06 bits per heavy atom. The highest BCUT2D eigenvalue weighted by atomic mass is 32.2. The van der Waals surface area contributed by atoms with Crippen molar-refractivity contribution in [3.63, 3.8) is 0 Å². The van der Waals surface area contributed by atoms with Gasteiger partial charge in [-0.3, -0.25) is 14.7 Å². The van der Waals surface area contributed by atoms with Crippen molar-refractivity contribution in [2.75, 3.05) is 17.8 Å². The van der Waals surface area contributed by atoms with Crippen LogP contribution in [0, 0.1) is 13.8 Å². The van der Waals surface area contributed by atoms with E-state index < -0.39 is 9.84 Å². The van der Waals surface area contributed by atoms with Crippen molar-refractivity contribution >= 4 is 42.4 Å². The summed E-state index contributed by atoms with van der Waals surface area (Å²) in [5.41, 5.74) is 3.45. The van der Waals surface area contributed by atoms with E-state index in [1.54, 1.807) is 42.5 Å². The predicted molar refractivity (Wildman–Crippen MR) is 139 cm³/mol. The second-order valence-electron chi connectivity index (χ2n) is 8.30. The summed E-state index contributed by atoms with van der Waals surface area (Å²) in [7, 11) is -1.88. The first-order valence-electron chi connectivity index (χ1n) is 11.2. The van der Waals surface area contributed by atoms with Gasteiger partial charge >= 0.3 is 0 Å². The Hall–Kier alpha value is -3.30. The summed E-state index contributed by atoms with van der Waals surface area (Å²) in [5, 5.41) is 0.532. The fourth-order valence-corrected chi connectivity index (χ4v) is 6.09. The zero-order valence-corrected chi connectivity index (χ0v) is 21.5. The smallest absolute Gasteiger partial charge is 0.229 e. The van der Waals surface area contributed by atoms with Crippen LogP contribution in [0.3, 0.4) is 0 Å². The van der Waals surface area contributed by atoms with Gasteiger partial charge in [0.25, 0.3) is 0 Å². The van der Waals surface area contributed by atoms with Crippen LogP contribution in [0.5, 0.6) is 5.75 Å². The van der Waals surface area contributed by atoms with Gasteiger partial charge in [0.15, 0.2) is 15.0 Å². The Bertz CT molecular complexity index is 1430. The average Bonchev–Trinajstić information content (AvgIpc) is 3.30. The number of hydrogen-bond acceptors (Lipinski definition) is 7. The van der Waals surface area contributed by atoms with E-state index >= 15 is 0 Å². The van der Waals surface area contributed by atoms with Crippen LogP contribution in [0.15, 0.2) is 65.7 Å². The molecule has 0 radical (unpaired) electrons. The van der Waals surface area contributed by atoms with Gasteiger partial charge < -0.3 is 4.74 Å². The summed E-state index contributed by atoms with van der Waals surface area (Å²) in [4.78, 5) is 24.3. The Morgan fingerprint density at radius 2 is 1.83 bits per heavy atom. The molecule has 0 spiro atoms. The Labute approximate surface area is 209 Å². The van der Waals surface area contributed by atoms with Crippen LogP contribution < -0.4 is 9.64 Å². The molecular formula is C26H27N3O4S2.